The molecule has 0 aliphatic carbocycles. The fourth-order valence-corrected chi connectivity index (χ4v) is 1.74. The number of ether oxygens (including phenoxy) is 3. The number of nitro benzene ring substituents is 1. The lowest BCUT2D eigenvalue weighted by atomic mass is 10.2. The predicted octanol–water partition coefficient (Wildman–Crippen LogP) is 3.16. The van der Waals surface area contributed by atoms with Crippen molar-refractivity contribution in [1.82, 2.24) is 4.90 Å². The number of hydrogen-bond donors (Lipinski definition) is 0. The summed E-state index contributed by atoms with van der Waals surface area (Å²) in [7, 11) is 1.06. The highest BCUT2D eigenvalue weighted by molar-refractivity contribution is 6.00. The van der Waals surface area contributed by atoms with Gasteiger partial charge in [-0.1, -0.05) is 6.58 Å². The highest BCUT2D eigenvalue weighted by Crippen LogP contribution is 2.17. The Morgan fingerprint density at radius 3 is 2.15 bits per heavy atom. The average Bonchev–Trinajstić information content (AvgIpc) is 2.58. The lowest BCUT2D eigenvalue weighted by Gasteiger charge is -2.25. The third-order valence-electron chi connectivity index (χ3n) is 2.96. The summed E-state index contributed by atoms with van der Waals surface area (Å²) < 4.78 is 14.5. The van der Waals surface area contributed by atoms with Crippen LogP contribution in [-0.4, -0.2) is 40.7 Å². The summed E-state index contributed by atoms with van der Waals surface area (Å²) in [5, 5.41) is 10.6. The topological polar surface area (TPSA) is 125 Å². The number of carbonyl (C=O) groups excluding carboxylic acids is 3. The highest BCUT2D eigenvalue weighted by atomic mass is 16.6. The van der Waals surface area contributed by atoms with Crippen LogP contribution >= 0.6 is 0 Å². The second kappa shape index (κ2) is 8.79. The molecule has 0 saturated carbocycles. The molecule has 0 fully saturated rings. The van der Waals surface area contributed by atoms with Crippen molar-refractivity contribution in [3.63, 3.8) is 0 Å². The Morgan fingerprint density at radius 2 is 1.70 bits per heavy atom. The van der Waals surface area contributed by atoms with Crippen molar-refractivity contribution in [2.45, 2.75) is 33.0 Å². The standard InChI is InChI=1S/C17H20N2O8/c1-11(14(20)25-5)18(16(22)27-17(2,3)4)15(21)26-10-12-6-8-13(9-7-12)19(23)24/h6-9H,1,10H2,2-5H3. The monoisotopic (exact) mass is 380 g/mol. The maximum absolute atomic E-state index is 12.3. The zero-order chi connectivity index (χ0) is 20.8. The van der Waals surface area contributed by atoms with Gasteiger partial charge in [-0.05, 0) is 38.5 Å². The number of amides is 2. The van der Waals surface area contributed by atoms with Gasteiger partial charge < -0.3 is 14.2 Å². The van der Waals surface area contributed by atoms with Gasteiger partial charge in [-0.2, -0.15) is 4.90 Å². The summed E-state index contributed by atoms with van der Waals surface area (Å²) in [5.74, 6) is -1.02. The molecule has 0 heterocycles. The number of carbonyl (C=O) groups is 3. The summed E-state index contributed by atoms with van der Waals surface area (Å²) in [6.07, 6.45) is -2.37. The molecule has 0 atom stereocenters. The summed E-state index contributed by atoms with van der Waals surface area (Å²) in [5.41, 5.74) is -1.22. The Hall–Kier alpha value is -3.43. The van der Waals surface area contributed by atoms with Gasteiger partial charge >= 0.3 is 18.2 Å². The first-order valence-electron chi connectivity index (χ1n) is 7.66. The Bertz CT molecular complexity index is 749. The third kappa shape index (κ3) is 6.42. The zero-order valence-electron chi connectivity index (χ0n) is 15.4. The smallest absolute Gasteiger partial charge is 0.424 e. The first-order valence-corrected chi connectivity index (χ1v) is 7.66. The van der Waals surface area contributed by atoms with Gasteiger partial charge in [0.25, 0.3) is 5.69 Å². The lowest BCUT2D eigenvalue weighted by molar-refractivity contribution is -0.384. The molecule has 0 saturated heterocycles. The molecule has 0 aliphatic heterocycles. The molecule has 0 unspecified atom stereocenters. The Labute approximate surface area is 155 Å². The molecule has 10 heteroatoms. The fraction of sp³-hybridized carbons (Fsp3) is 0.353. The lowest BCUT2D eigenvalue weighted by Crippen LogP contribution is -2.42. The van der Waals surface area contributed by atoms with Gasteiger partial charge in [-0.15, -0.1) is 0 Å². The molecular weight excluding hydrogens is 360 g/mol. The molecule has 0 radical (unpaired) electrons. The molecule has 0 aromatic heterocycles. The van der Waals surface area contributed by atoms with Crippen molar-refractivity contribution in [1.29, 1.82) is 0 Å². The van der Waals surface area contributed by atoms with Crippen LogP contribution in [0.25, 0.3) is 0 Å². The van der Waals surface area contributed by atoms with Crippen LogP contribution < -0.4 is 0 Å². The third-order valence-corrected chi connectivity index (χ3v) is 2.96. The van der Waals surface area contributed by atoms with E-state index in [-0.39, 0.29) is 12.3 Å². The van der Waals surface area contributed by atoms with Gasteiger partial charge in [0.05, 0.1) is 12.0 Å². The quantitative estimate of drug-likeness (QED) is 0.251. The van der Waals surface area contributed by atoms with Gasteiger partial charge in [-0.25, -0.2) is 14.4 Å². The van der Waals surface area contributed by atoms with E-state index in [0.717, 1.165) is 7.11 Å². The van der Waals surface area contributed by atoms with Crippen LogP contribution in [0.4, 0.5) is 15.3 Å². The maximum atomic E-state index is 12.3. The van der Waals surface area contributed by atoms with Gasteiger partial charge in [0.15, 0.2) is 0 Å². The van der Waals surface area contributed by atoms with Crippen molar-refractivity contribution in [3.05, 3.63) is 52.2 Å². The van der Waals surface area contributed by atoms with Gasteiger partial charge in [0.2, 0.25) is 0 Å². The highest BCUT2D eigenvalue weighted by Gasteiger charge is 2.34. The van der Waals surface area contributed by atoms with E-state index in [4.69, 9.17) is 9.47 Å². The normalized spacial score (nSPS) is 10.5. The van der Waals surface area contributed by atoms with Crippen molar-refractivity contribution in [3.8, 4) is 0 Å². The molecule has 0 N–H and O–H groups in total. The number of nitro groups is 1. The van der Waals surface area contributed by atoms with E-state index in [1.807, 2.05) is 0 Å². The number of methoxy groups -OCH3 is 1. The van der Waals surface area contributed by atoms with Gasteiger partial charge in [0.1, 0.15) is 17.9 Å². The summed E-state index contributed by atoms with van der Waals surface area (Å²) in [6, 6.07) is 5.25. The Morgan fingerprint density at radius 1 is 1.15 bits per heavy atom. The van der Waals surface area contributed by atoms with Crippen molar-refractivity contribution in [2.75, 3.05) is 7.11 Å². The molecular formula is C17H20N2O8. The number of non-ortho nitro benzene ring substituents is 1. The van der Waals surface area contributed by atoms with Crippen LogP contribution in [-0.2, 0) is 25.6 Å². The second-order valence-electron chi connectivity index (χ2n) is 6.23. The van der Waals surface area contributed by atoms with E-state index >= 15 is 0 Å². The van der Waals surface area contributed by atoms with E-state index in [1.54, 1.807) is 20.8 Å². The molecule has 0 aliphatic rings. The minimum atomic E-state index is -1.21. The Balaban J connectivity index is 2.92. The van der Waals surface area contributed by atoms with Crippen LogP contribution in [0.3, 0.4) is 0 Å². The maximum Gasteiger partial charge on any atom is 0.424 e. The van der Waals surface area contributed by atoms with E-state index < -0.39 is 34.4 Å². The molecule has 146 valence electrons. The second-order valence-corrected chi connectivity index (χ2v) is 6.23. The van der Waals surface area contributed by atoms with E-state index in [1.165, 1.54) is 24.3 Å². The zero-order valence-corrected chi connectivity index (χ0v) is 15.4. The van der Waals surface area contributed by atoms with Crippen LogP contribution in [0.1, 0.15) is 26.3 Å². The minimum absolute atomic E-state index is 0.125. The largest absolute Gasteiger partial charge is 0.464 e. The number of benzene rings is 1. The molecule has 2 amide bonds. The van der Waals surface area contributed by atoms with E-state index in [9.17, 15) is 24.5 Å². The molecule has 1 aromatic carbocycles. The van der Waals surface area contributed by atoms with Crippen molar-refractivity contribution >= 4 is 23.8 Å². The van der Waals surface area contributed by atoms with Crippen molar-refractivity contribution in [2.24, 2.45) is 0 Å². The molecule has 0 spiro atoms. The number of nitrogens with zero attached hydrogens (tertiary/aromatic N) is 2. The minimum Gasteiger partial charge on any atom is -0.464 e. The molecule has 1 rings (SSSR count). The predicted molar refractivity (Wildman–Crippen MR) is 92.5 cm³/mol. The van der Waals surface area contributed by atoms with Gasteiger partial charge in [0, 0.05) is 12.1 Å². The first-order chi connectivity index (χ1) is 12.5. The van der Waals surface area contributed by atoms with Gasteiger partial charge in [-0.3, -0.25) is 10.1 Å². The number of imide groups is 1. The van der Waals surface area contributed by atoms with Crippen LogP contribution in [0.15, 0.2) is 36.5 Å². The SMILES string of the molecule is C=C(C(=O)OC)N(C(=O)OCc1ccc([N+](=O)[O-])cc1)C(=O)OC(C)(C)C. The Kier molecular flexibility index (Phi) is 7.03. The van der Waals surface area contributed by atoms with Crippen LogP contribution in [0.2, 0.25) is 0 Å². The summed E-state index contributed by atoms with van der Waals surface area (Å²) in [6.45, 7) is 7.78. The number of rotatable bonds is 5. The van der Waals surface area contributed by atoms with Crippen LogP contribution in [0, 0.1) is 10.1 Å². The van der Waals surface area contributed by atoms with E-state index in [2.05, 4.69) is 11.3 Å². The average molecular weight is 380 g/mol. The number of esters is 1. The van der Waals surface area contributed by atoms with E-state index in [0.29, 0.717) is 10.5 Å². The fourth-order valence-electron chi connectivity index (χ4n) is 1.74. The summed E-state index contributed by atoms with van der Waals surface area (Å²) >= 11 is 0. The molecule has 1 aromatic rings. The van der Waals surface area contributed by atoms with Crippen molar-refractivity contribution < 1.29 is 33.5 Å². The first kappa shape index (κ1) is 21.6. The molecule has 10 nitrogen and oxygen atoms in total. The molecule has 0 bridgehead atoms. The number of hydrogen-bond acceptors (Lipinski definition) is 8. The van der Waals surface area contributed by atoms with Crippen LogP contribution in [0.5, 0.6) is 0 Å². The summed E-state index contributed by atoms with van der Waals surface area (Å²) in [4.78, 5) is 46.6. The molecule has 27 heavy (non-hydrogen) atoms.